The molecule has 0 bridgehead atoms. The van der Waals surface area contributed by atoms with Crippen molar-refractivity contribution in [3.8, 4) is 0 Å². The van der Waals surface area contributed by atoms with Crippen LogP contribution >= 0.6 is 0 Å². The molecule has 0 aromatic carbocycles. The predicted octanol–water partition coefficient (Wildman–Crippen LogP) is 4.72. The van der Waals surface area contributed by atoms with Crippen molar-refractivity contribution < 1.29 is 23.9 Å². The number of carbonyl (C=O) groups excluding carboxylic acids is 3. The zero-order valence-electron chi connectivity index (χ0n) is 17.2. The van der Waals surface area contributed by atoms with Crippen molar-refractivity contribution >= 4 is 18.2 Å². The molecule has 0 saturated carbocycles. The molecule has 3 atom stereocenters. The molecule has 0 amide bonds. The minimum absolute atomic E-state index is 0.0904. The van der Waals surface area contributed by atoms with Crippen LogP contribution in [0.15, 0.2) is 36.5 Å². The molecule has 0 aliphatic heterocycles. The molecule has 5 nitrogen and oxygen atoms in total. The van der Waals surface area contributed by atoms with Crippen molar-refractivity contribution in [2.24, 2.45) is 11.8 Å². The van der Waals surface area contributed by atoms with Gasteiger partial charge in [0.15, 0.2) is 0 Å². The van der Waals surface area contributed by atoms with Gasteiger partial charge in [0.1, 0.15) is 6.10 Å². The Kier molecular flexibility index (Phi) is 12.6. The number of hydrogen-bond donors (Lipinski definition) is 0. The third-order valence-electron chi connectivity index (χ3n) is 4.92. The topological polar surface area (TPSA) is 69.7 Å². The molecule has 0 saturated heterocycles. The van der Waals surface area contributed by atoms with Crippen LogP contribution < -0.4 is 0 Å². The normalized spacial score (nSPS) is 21.4. The monoisotopic (exact) mass is 390 g/mol. The van der Waals surface area contributed by atoms with Crippen LogP contribution in [0.4, 0.5) is 0 Å². The molecule has 28 heavy (non-hydrogen) atoms. The van der Waals surface area contributed by atoms with Gasteiger partial charge >= 0.3 is 11.9 Å². The molecule has 1 aliphatic carbocycles. The zero-order chi connectivity index (χ0) is 20.6. The van der Waals surface area contributed by atoms with Gasteiger partial charge in [0.2, 0.25) is 6.29 Å². The van der Waals surface area contributed by atoms with Crippen LogP contribution in [0.5, 0.6) is 0 Å². The lowest BCUT2D eigenvalue weighted by Crippen LogP contribution is -2.25. The first-order chi connectivity index (χ1) is 13.6. The lowest BCUT2D eigenvalue weighted by molar-refractivity contribution is -0.152. The number of allylic oxidation sites excluding steroid dienone is 5. The third-order valence-corrected chi connectivity index (χ3v) is 4.92. The maximum absolute atomic E-state index is 11.4. The van der Waals surface area contributed by atoms with Crippen LogP contribution in [0.1, 0.15) is 64.7 Å². The molecule has 0 heterocycles. The Morgan fingerprint density at radius 1 is 1.00 bits per heavy atom. The van der Waals surface area contributed by atoms with E-state index in [2.05, 4.69) is 36.0 Å². The number of unbranched alkanes of at least 4 members (excludes halogenated alkanes) is 5. The fourth-order valence-electron chi connectivity index (χ4n) is 3.31. The molecule has 1 aliphatic rings. The highest BCUT2D eigenvalue weighted by molar-refractivity contribution is 6.20. The van der Waals surface area contributed by atoms with Gasteiger partial charge in [-0.2, -0.15) is 0 Å². The highest BCUT2D eigenvalue weighted by atomic mass is 16.5. The van der Waals surface area contributed by atoms with Gasteiger partial charge in [-0.3, -0.25) is 9.59 Å². The highest BCUT2D eigenvalue weighted by Gasteiger charge is 2.31. The standard InChI is InChI=1S/C23H34O5/c1-3-4-5-6-7-10-13-19-16-17-21(28-23(26)18-24)20(19)14-11-8-9-12-15-22(25)27-2/h8,10-11,13,16-21H,3-7,9,12,14-15H2,1-2H3/t19-,20+,21?/m0/s1. The van der Waals surface area contributed by atoms with Crippen molar-refractivity contribution in [3.05, 3.63) is 36.5 Å². The molecule has 5 heteroatoms. The first-order valence-corrected chi connectivity index (χ1v) is 10.3. The summed E-state index contributed by atoms with van der Waals surface area (Å²) in [4.78, 5) is 33.1. The summed E-state index contributed by atoms with van der Waals surface area (Å²) in [6.45, 7) is 2.20. The second-order valence-corrected chi connectivity index (χ2v) is 7.10. The molecule has 0 aromatic heterocycles. The van der Waals surface area contributed by atoms with Crippen molar-refractivity contribution in [2.75, 3.05) is 7.11 Å². The van der Waals surface area contributed by atoms with E-state index < -0.39 is 5.97 Å². The molecular weight excluding hydrogens is 356 g/mol. The minimum Gasteiger partial charge on any atom is -0.469 e. The zero-order valence-corrected chi connectivity index (χ0v) is 17.2. The Bertz CT molecular complexity index is 561. The molecule has 156 valence electrons. The van der Waals surface area contributed by atoms with E-state index in [-0.39, 0.29) is 30.2 Å². The Hall–Kier alpha value is -2.17. The summed E-state index contributed by atoms with van der Waals surface area (Å²) in [5.41, 5.74) is 0. The Balaban J connectivity index is 2.53. The van der Waals surface area contributed by atoms with E-state index in [9.17, 15) is 14.4 Å². The van der Waals surface area contributed by atoms with Crippen LogP contribution in [0.25, 0.3) is 0 Å². The molecule has 0 spiro atoms. The van der Waals surface area contributed by atoms with Gasteiger partial charge in [-0.05, 0) is 38.2 Å². The molecule has 0 radical (unpaired) electrons. The predicted molar refractivity (Wildman–Crippen MR) is 110 cm³/mol. The van der Waals surface area contributed by atoms with Gasteiger partial charge in [0.25, 0.3) is 0 Å². The summed E-state index contributed by atoms with van der Waals surface area (Å²) >= 11 is 0. The van der Waals surface area contributed by atoms with E-state index in [1.807, 2.05) is 12.2 Å². The quantitative estimate of drug-likeness (QED) is 0.141. The minimum atomic E-state index is -0.828. The van der Waals surface area contributed by atoms with Gasteiger partial charge < -0.3 is 9.47 Å². The Morgan fingerprint density at radius 3 is 2.50 bits per heavy atom. The average molecular weight is 391 g/mol. The summed E-state index contributed by atoms with van der Waals surface area (Å²) < 4.78 is 9.89. The van der Waals surface area contributed by atoms with E-state index >= 15 is 0 Å². The number of rotatable bonds is 14. The average Bonchev–Trinajstić information content (AvgIpc) is 3.08. The highest BCUT2D eigenvalue weighted by Crippen LogP contribution is 2.32. The number of esters is 2. The van der Waals surface area contributed by atoms with Crippen molar-refractivity contribution in [3.63, 3.8) is 0 Å². The summed E-state index contributed by atoms with van der Waals surface area (Å²) in [6, 6.07) is 0. The summed E-state index contributed by atoms with van der Waals surface area (Å²) in [6.07, 6.45) is 21.0. The molecule has 1 rings (SSSR count). The van der Waals surface area contributed by atoms with Gasteiger partial charge in [0, 0.05) is 18.3 Å². The maximum atomic E-state index is 11.4. The Morgan fingerprint density at radius 2 is 1.79 bits per heavy atom. The fourth-order valence-corrected chi connectivity index (χ4v) is 3.31. The summed E-state index contributed by atoms with van der Waals surface area (Å²) in [7, 11) is 1.39. The fraction of sp³-hybridized carbons (Fsp3) is 0.609. The molecule has 0 N–H and O–H groups in total. The lowest BCUT2D eigenvalue weighted by atomic mass is 9.89. The second-order valence-electron chi connectivity index (χ2n) is 7.10. The van der Waals surface area contributed by atoms with Crippen LogP contribution in [0.2, 0.25) is 0 Å². The van der Waals surface area contributed by atoms with Gasteiger partial charge in [-0.25, -0.2) is 4.79 Å². The van der Waals surface area contributed by atoms with Gasteiger partial charge in [-0.1, -0.05) is 56.6 Å². The smallest absolute Gasteiger partial charge is 0.371 e. The molecular formula is C23H34O5. The van der Waals surface area contributed by atoms with E-state index in [0.29, 0.717) is 6.42 Å². The van der Waals surface area contributed by atoms with E-state index in [1.165, 1.54) is 32.8 Å². The van der Waals surface area contributed by atoms with E-state index in [0.717, 1.165) is 25.7 Å². The third kappa shape index (κ3) is 9.67. The molecule has 1 unspecified atom stereocenters. The number of ether oxygens (including phenoxy) is 2. The number of carbonyl (C=O) groups is 3. The van der Waals surface area contributed by atoms with Crippen molar-refractivity contribution in [2.45, 2.75) is 70.8 Å². The number of hydrogen-bond acceptors (Lipinski definition) is 5. The largest absolute Gasteiger partial charge is 0.469 e. The van der Waals surface area contributed by atoms with Crippen molar-refractivity contribution in [1.29, 1.82) is 0 Å². The first kappa shape index (κ1) is 23.9. The van der Waals surface area contributed by atoms with Crippen LogP contribution in [0, 0.1) is 11.8 Å². The lowest BCUT2D eigenvalue weighted by Gasteiger charge is -2.21. The van der Waals surface area contributed by atoms with E-state index in [4.69, 9.17) is 4.74 Å². The van der Waals surface area contributed by atoms with E-state index in [1.54, 1.807) is 0 Å². The van der Waals surface area contributed by atoms with Crippen LogP contribution in [0.3, 0.4) is 0 Å². The van der Waals surface area contributed by atoms with Crippen molar-refractivity contribution in [1.82, 2.24) is 0 Å². The SMILES string of the molecule is CCCCCCC=C[C@H]1C=CC(OC(=O)C=O)[C@@H]1CC=CCCCC(=O)OC. The van der Waals surface area contributed by atoms with Crippen LogP contribution in [-0.2, 0) is 23.9 Å². The maximum Gasteiger partial charge on any atom is 0.371 e. The first-order valence-electron chi connectivity index (χ1n) is 10.3. The van der Waals surface area contributed by atoms with Gasteiger partial charge in [0.05, 0.1) is 7.11 Å². The second kappa shape index (κ2) is 14.8. The summed E-state index contributed by atoms with van der Waals surface area (Å²) in [5, 5.41) is 0. The number of aldehydes is 1. The summed E-state index contributed by atoms with van der Waals surface area (Å²) in [5.74, 6) is -0.743. The number of methoxy groups -OCH3 is 1. The molecule has 0 fully saturated rings. The Labute approximate surface area is 168 Å². The van der Waals surface area contributed by atoms with Crippen LogP contribution in [-0.4, -0.2) is 31.4 Å². The molecule has 0 aromatic rings. The van der Waals surface area contributed by atoms with Gasteiger partial charge in [-0.15, -0.1) is 0 Å².